The third-order valence-electron chi connectivity index (χ3n) is 3.69. The lowest BCUT2D eigenvalue weighted by molar-refractivity contribution is 0.593. The van der Waals surface area contributed by atoms with Gasteiger partial charge in [0.2, 0.25) is 0 Å². The number of benzene rings is 2. The molecule has 0 heterocycles. The van der Waals surface area contributed by atoms with E-state index >= 15 is 0 Å². The van der Waals surface area contributed by atoms with E-state index in [1.54, 1.807) is 42.5 Å². The van der Waals surface area contributed by atoms with Crippen molar-refractivity contribution in [2.45, 2.75) is 22.1 Å². The molecule has 20 heavy (non-hydrogen) atoms. The van der Waals surface area contributed by atoms with E-state index in [0.717, 1.165) is 5.56 Å². The first kappa shape index (κ1) is 13.3. The maximum Gasteiger partial charge on any atom is 0.183 e. The minimum absolute atomic E-state index is 0.263. The van der Waals surface area contributed by atoms with Crippen molar-refractivity contribution in [3.63, 3.8) is 0 Å². The van der Waals surface area contributed by atoms with Gasteiger partial charge in [-0.15, -0.1) is 0 Å². The minimum atomic E-state index is -3.44. The van der Waals surface area contributed by atoms with Crippen LogP contribution < -0.4 is 5.73 Å². The van der Waals surface area contributed by atoms with E-state index in [0.29, 0.717) is 0 Å². The van der Waals surface area contributed by atoms with Crippen LogP contribution in [0, 0.1) is 5.82 Å². The van der Waals surface area contributed by atoms with Crippen LogP contribution in [-0.2, 0) is 9.84 Å². The van der Waals surface area contributed by atoms with Crippen LogP contribution in [0.15, 0.2) is 59.5 Å². The fourth-order valence-electron chi connectivity index (χ4n) is 2.57. The number of nitrogens with two attached hydrogens (primary N) is 1. The SMILES string of the molecule is NC1C(c2ccc(F)cc2)C1S(=O)(=O)c1ccccc1. The summed E-state index contributed by atoms with van der Waals surface area (Å²) in [6, 6.07) is 13.7. The molecule has 3 nitrogen and oxygen atoms in total. The molecule has 0 radical (unpaired) electrons. The van der Waals surface area contributed by atoms with Crippen LogP contribution in [0.25, 0.3) is 0 Å². The van der Waals surface area contributed by atoms with Gasteiger partial charge in [0.25, 0.3) is 0 Å². The Morgan fingerprint density at radius 2 is 1.55 bits per heavy atom. The molecule has 104 valence electrons. The van der Waals surface area contributed by atoms with Gasteiger partial charge < -0.3 is 5.73 Å². The van der Waals surface area contributed by atoms with Crippen LogP contribution in [0.2, 0.25) is 0 Å². The fourth-order valence-corrected chi connectivity index (χ4v) is 4.64. The molecule has 3 rings (SSSR count). The predicted molar refractivity (Wildman–Crippen MR) is 74.5 cm³/mol. The minimum Gasteiger partial charge on any atom is -0.326 e. The second kappa shape index (κ2) is 4.68. The zero-order valence-electron chi connectivity index (χ0n) is 10.6. The number of hydrogen-bond donors (Lipinski definition) is 1. The summed E-state index contributed by atoms with van der Waals surface area (Å²) in [5.74, 6) is -0.605. The van der Waals surface area contributed by atoms with Gasteiger partial charge in [-0.2, -0.15) is 0 Å². The van der Waals surface area contributed by atoms with Crippen molar-refractivity contribution in [1.29, 1.82) is 0 Å². The van der Waals surface area contributed by atoms with Crippen molar-refractivity contribution >= 4 is 9.84 Å². The molecule has 0 amide bonds. The molecule has 3 unspecified atom stereocenters. The molecule has 1 aliphatic rings. The molecule has 1 saturated carbocycles. The third kappa shape index (κ3) is 2.13. The average Bonchev–Trinajstić information content (AvgIpc) is 3.13. The summed E-state index contributed by atoms with van der Waals surface area (Å²) in [5.41, 5.74) is 6.70. The zero-order chi connectivity index (χ0) is 14.3. The normalized spacial score (nSPS) is 25.4. The first-order valence-electron chi connectivity index (χ1n) is 6.32. The van der Waals surface area contributed by atoms with Gasteiger partial charge in [0.15, 0.2) is 9.84 Å². The highest BCUT2D eigenvalue weighted by atomic mass is 32.2. The Labute approximate surface area is 117 Å². The summed E-state index contributed by atoms with van der Waals surface area (Å²) in [7, 11) is -3.44. The second-order valence-corrected chi connectivity index (χ2v) is 7.08. The standard InChI is InChI=1S/C15H14FNO2S/c16-11-8-6-10(7-9-11)13-14(17)15(13)20(18,19)12-4-2-1-3-5-12/h1-9,13-15H,17H2. The van der Waals surface area contributed by atoms with Gasteiger partial charge in [-0.3, -0.25) is 0 Å². The second-order valence-electron chi connectivity index (χ2n) is 4.98. The summed E-state index contributed by atoms with van der Waals surface area (Å²) in [4.78, 5) is 0.282. The number of hydrogen-bond acceptors (Lipinski definition) is 3. The van der Waals surface area contributed by atoms with Gasteiger partial charge in [0.05, 0.1) is 10.1 Å². The molecule has 3 atom stereocenters. The third-order valence-corrected chi connectivity index (χ3v) is 5.95. The zero-order valence-corrected chi connectivity index (χ0v) is 11.4. The molecule has 0 aliphatic heterocycles. The average molecular weight is 291 g/mol. The molecule has 0 saturated heterocycles. The lowest BCUT2D eigenvalue weighted by atomic mass is 10.1. The van der Waals surface area contributed by atoms with E-state index in [1.807, 2.05) is 0 Å². The summed E-state index contributed by atoms with van der Waals surface area (Å²) < 4.78 is 37.9. The van der Waals surface area contributed by atoms with Crippen LogP contribution in [0.4, 0.5) is 4.39 Å². The Kier molecular flexibility index (Phi) is 3.11. The van der Waals surface area contributed by atoms with Crippen molar-refractivity contribution in [3.05, 3.63) is 66.0 Å². The van der Waals surface area contributed by atoms with E-state index in [9.17, 15) is 12.8 Å². The van der Waals surface area contributed by atoms with E-state index in [2.05, 4.69) is 0 Å². The Hall–Kier alpha value is -1.72. The molecule has 0 spiro atoms. The quantitative estimate of drug-likeness (QED) is 0.942. The van der Waals surface area contributed by atoms with Gasteiger partial charge in [0.1, 0.15) is 5.82 Å². The first-order valence-corrected chi connectivity index (χ1v) is 7.86. The Balaban J connectivity index is 1.91. The summed E-state index contributed by atoms with van der Waals surface area (Å²) in [6.45, 7) is 0. The molecule has 2 aromatic carbocycles. The van der Waals surface area contributed by atoms with Crippen molar-refractivity contribution in [2.75, 3.05) is 0 Å². The molecule has 0 aromatic heterocycles. The van der Waals surface area contributed by atoms with Gasteiger partial charge in [-0.1, -0.05) is 30.3 Å². The van der Waals surface area contributed by atoms with Crippen molar-refractivity contribution in [1.82, 2.24) is 0 Å². The molecule has 1 aliphatic carbocycles. The van der Waals surface area contributed by atoms with E-state index in [-0.39, 0.29) is 16.6 Å². The summed E-state index contributed by atoms with van der Waals surface area (Å²) in [6.07, 6.45) is 0. The Morgan fingerprint density at radius 3 is 2.15 bits per heavy atom. The van der Waals surface area contributed by atoms with Crippen molar-refractivity contribution < 1.29 is 12.8 Å². The molecular weight excluding hydrogens is 277 g/mol. The van der Waals surface area contributed by atoms with Crippen LogP contribution in [0.5, 0.6) is 0 Å². The van der Waals surface area contributed by atoms with Gasteiger partial charge in [-0.25, -0.2) is 12.8 Å². The topological polar surface area (TPSA) is 60.2 Å². The Bertz CT molecular complexity index is 713. The molecule has 1 fully saturated rings. The fraction of sp³-hybridized carbons (Fsp3) is 0.200. The highest BCUT2D eigenvalue weighted by Crippen LogP contribution is 2.46. The monoisotopic (exact) mass is 291 g/mol. The highest BCUT2D eigenvalue weighted by molar-refractivity contribution is 7.92. The predicted octanol–water partition coefficient (Wildman–Crippen LogP) is 2.09. The number of halogens is 1. The van der Waals surface area contributed by atoms with Crippen molar-refractivity contribution in [2.24, 2.45) is 5.73 Å². The molecule has 5 heteroatoms. The first-order chi connectivity index (χ1) is 9.51. The molecular formula is C15H14FNO2S. The van der Waals surface area contributed by atoms with Crippen LogP contribution >= 0.6 is 0 Å². The maximum atomic E-state index is 12.9. The molecule has 0 bridgehead atoms. The summed E-state index contributed by atoms with van der Waals surface area (Å²) >= 11 is 0. The highest BCUT2D eigenvalue weighted by Gasteiger charge is 2.57. The number of rotatable bonds is 3. The molecule has 2 aromatic rings. The van der Waals surface area contributed by atoms with Gasteiger partial charge in [-0.05, 0) is 29.8 Å². The lowest BCUT2D eigenvalue weighted by Crippen LogP contribution is -2.15. The smallest absolute Gasteiger partial charge is 0.183 e. The lowest BCUT2D eigenvalue weighted by Gasteiger charge is -2.03. The largest absolute Gasteiger partial charge is 0.326 e. The van der Waals surface area contributed by atoms with E-state index < -0.39 is 21.1 Å². The van der Waals surface area contributed by atoms with Gasteiger partial charge >= 0.3 is 0 Å². The van der Waals surface area contributed by atoms with E-state index in [4.69, 9.17) is 5.73 Å². The van der Waals surface area contributed by atoms with Crippen LogP contribution in [0.3, 0.4) is 0 Å². The summed E-state index contributed by atoms with van der Waals surface area (Å²) in [5, 5.41) is -0.629. The molecule has 2 N–H and O–H groups in total. The van der Waals surface area contributed by atoms with Crippen LogP contribution in [0.1, 0.15) is 11.5 Å². The Morgan fingerprint density at radius 1 is 0.950 bits per heavy atom. The number of sulfone groups is 1. The van der Waals surface area contributed by atoms with Crippen molar-refractivity contribution in [3.8, 4) is 0 Å². The van der Waals surface area contributed by atoms with Gasteiger partial charge in [0, 0.05) is 12.0 Å². The van der Waals surface area contributed by atoms with E-state index in [1.165, 1.54) is 12.1 Å². The maximum absolute atomic E-state index is 12.9. The van der Waals surface area contributed by atoms with Crippen LogP contribution in [-0.4, -0.2) is 19.7 Å².